The Balaban J connectivity index is 1.55. The van der Waals surface area contributed by atoms with E-state index in [2.05, 4.69) is 10.6 Å². The largest absolute Gasteiger partial charge is 0.467 e. The molecule has 0 aromatic heterocycles. The molecule has 0 spiro atoms. The van der Waals surface area contributed by atoms with Gasteiger partial charge in [-0.05, 0) is 49.1 Å². The lowest BCUT2D eigenvalue weighted by atomic mass is 9.62. The van der Waals surface area contributed by atoms with Gasteiger partial charge >= 0.3 is 0 Å². The summed E-state index contributed by atoms with van der Waals surface area (Å²) in [6.45, 7) is 1.98. The molecule has 5 heteroatoms. The molecule has 0 radical (unpaired) electrons. The van der Waals surface area contributed by atoms with Gasteiger partial charge in [-0.3, -0.25) is 9.59 Å². The van der Waals surface area contributed by atoms with E-state index in [9.17, 15) is 9.59 Å². The Morgan fingerprint density at radius 3 is 2.89 bits per heavy atom. The van der Waals surface area contributed by atoms with Crippen molar-refractivity contribution < 1.29 is 14.3 Å². The number of nitrogens with one attached hydrogen (secondary N) is 2. The van der Waals surface area contributed by atoms with E-state index in [1.807, 2.05) is 55.5 Å². The molecule has 1 aliphatic carbocycles. The molecule has 1 saturated carbocycles. The van der Waals surface area contributed by atoms with Crippen molar-refractivity contribution in [1.29, 1.82) is 0 Å². The topological polar surface area (TPSA) is 67.4 Å². The van der Waals surface area contributed by atoms with Crippen molar-refractivity contribution in [3.63, 3.8) is 0 Å². The van der Waals surface area contributed by atoms with E-state index in [1.165, 1.54) is 0 Å². The molecule has 0 unspecified atom stereocenters. The Labute approximate surface area is 164 Å². The zero-order chi connectivity index (χ0) is 19.3. The normalized spacial score (nSPS) is 30.3. The van der Waals surface area contributed by atoms with Gasteiger partial charge in [-0.1, -0.05) is 36.8 Å². The van der Waals surface area contributed by atoms with Crippen molar-refractivity contribution in [2.75, 3.05) is 5.32 Å². The first kappa shape index (κ1) is 17.3. The molecule has 5 rings (SSSR count). The highest BCUT2D eigenvalue weighted by Crippen LogP contribution is 2.55. The number of ether oxygens (including phenoxy) is 1. The molecule has 2 heterocycles. The molecular formula is C23H24N2O3. The van der Waals surface area contributed by atoms with E-state index in [-0.39, 0.29) is 23.7 Å². The van der Waals surface area contributed by atoms with Crippen LogP contribution >= 0.6 is 0 Å². The summed E-state index contributed by atoms with van der Waals surface area (Å²) in [7, 11) is 0. The maximum atomic E-state index is 13.3. The number of anilines is 1. The lowest BCUT2D eigenvalue weighted by Crippen LogP contribution is -2.69. The second kappa shape index (κ2) is 6.36. The predicted molar refractivity (Wildman–Crippen MR) is 106 cm³/mol. The third-order valence-corrected chi connectivity index (χ3v) is 6.46. The molecule has 28 heavy (non-hydrogen) atoms. The highest BCUT2D eigenvalue weighted by molar-refractivity contribution is 6.08. The minimum absolute atomic E-state index is 0.113. The number of rotatable bonds is 2. The van der Waals surface area contributed by atoms with E-state index in [1.54, 1.807) is 0 Å². The number of carbonyl (C=O) groups is 2. The zero-order valence-corrected chi connectivity index (χ0v) is 15.9. The van der Waals surface area contributed by atoms with E-state index >= 15 is 0 Å². The monoisotopic (exact) mass is 376 g/mol. The smallest absolute Gasteiger partial charge is 0.237 e. The van der Waals surface area contributed by atoms with Crippen LogP contribution in [0.25, 0.3) is 0 Å². The SMILES string of the molecule is Cc1cccc(NC(=O)[C@H]2C(=O)N[C@]34CCCC[C@@H]3[C@H]2c2ccccc2O4)c1. The third kappa shape index (κ3) is 2.60. The van der Waals surface area contributed by atoms with Crippen LogP contribution in [-0.2, 0) is 9.59 Å². The number of amides is 2. The maximum absolute atomic E-state index is 13.3. The number of hydrogen-bond donors (Lipinski definition) is 2. The molecule has 2 fully saturated rings. The number of benzene rings is 2. The lowest BCUT2D eigenvalue weighted by molar-refractivity contribution is -0.160. The van der Waals surface area contributed by atoms with Crippen molar-refractivity contribution in [3.05, 3.63) is 59.7 Å². The van der Waals surface area contributed by atoms with E-state index in [0.29, 0.717) is 0 Å². The number of carbonyl (C=O) groups excluding carboxylic acids is 2. The first-order valence-electron chi connectivity index (χ1n) is 10.0. The summed E-state index contributed by atoms with van der Waals surface area (Å²) in [5.74, 6) is -0.501. The molecule has 2 aliphatic heterocycles. The molecule has 144 valence electrons. The molecule has 2 bridgehead atoms. The van der Waals surface area contributed by atoms with Crippen LogP contribution < -0.4 is 15.4 Å². The average molecular weight is 376 g/mol. The molecule has 3 aliphatic rings. The van der Waals surface area contributed by atoms with Gasteiger partial charge in [0, 0.05) is 23.9 Å². The summed E-state index contributed by atoms with van der Waals surface area (Å²) in [6, 6.07) is 15.5. The third-order valence-electron chi connectivity index (χ3n) is 6.46. The van der Waals surface area contributed by atoms with Gasteiger partial charge in [0.25, 0.3) is 0 Å². The fourth-order valence-electron chi connectivity index (χ4n) is 5.30. The highest BCUT2D eigenvalue weighted by atomic mass is 16.5. The van der Waals surface area contributed by atoms with Crippen LogP contribution in [0.2, 0.25) is 0 Å². The zero-order valence-electron chi connectivity index (χ0n) is 15.9. The van der Waals surface area contributed by atoms with Crippen molar-refractivity contribution in [3.8, 4) is 5.75 Å². The summed E-state index contributed by atoms with van der Waals surface area (Å²) in [5, 5.41) is 6.08. The molecule has 5 nitrogen and oxygen atoms in total. The van der Waals surface area contributed by atoms with Gasteiger partial charge in [0.2, 0.25) is 11.8 Å². The number of piperidine rings is 1. The summed E-state index contributed by atoms with van der Waals surface area (Å²) in [6.07, 6.45) is 3.86. The maximum Gasteiger partial charge on any atom is 0.237 e. The van der Waals surface area contributed by atoms with Gasteiger partial charge in [0.1, 0.15) is 11.7 Å². The fourth-order valence-corrected chi connectivity index (χ4v) is 5.30. The van der Waals surface area contributed by atoms with Crippen molar-refractivity contribution in [1.82, 2.24) is 5.32 Å². The van der Waals surface area contributed by atoms with E-state index < -0.39 is 11.6 Å². The lowest BCUT2D eigenvalue weighted by Gasteiger charge is -2.55. The highest BCUT2D eigenvalue weighted by Gasteiger charge is 2.60. The Hall–Kier alpha value is -2.82. The van der Waals surface area contributed by atoms with Crippen LogP contribution in [0.1, 0.15) is 42.7 Å². The van der Waals surface area contributed by atoms with Gasteiger partial charge in [0.15, 0.2) is 5.72 Å². The molecule has 2 N–H and O–H groups in total. The second-order valence-corrected chi connectivity index (χ2v) is 8.23. The summed E-state index contributed by atoms with van der Waals surface area (Å²) >= 11 is 0. The van der Waals surface area contributed by atoms with Crippen LogP contribution in [0.15, 0.2) is 48.5 Å². The average Bonchev–Trinajstić information content (AvgIpc) is 2.67. The van der Waals surface area contributed by atoms with Crippen molar-refractivity contribution in [2.24, 2.45) is 11.8 Å². The fraction of sp³-hybridized carbons (Fsp3) is 0.391. The molecule has 4 atom stereocenters. The van der Waals surface area contributed by atoms with Crippen LogP contribution in [0.5, 0.6) is 5.75 Å². The van der Waals surface area contributed by atoms with Gasteiger partial charge in [-0.25, -0.2) is 0 Å². The van der Waals surface area contributed by atoms with E-state index in [4.69, 9.17) is 4.74 Å². The minimum atomic E-state index is -0.762. The number of para-hydroxylation sites is 1. The number of hydrogen-bond acceptors (Lipinski definition) is 3. The number of aryl methyl sites for hydroxylation is 1. The quantitative estimate of drug-likeness (QED) is 0.785. The van der Waals surface area contributed by atoms with Crippen molar-refractivity contribution >= 4 is 17.5 Å². The first-order chi connectivity index (χ1) is 13.6. The van der Waals surface area contributed by atoms with E-state index in [0.717, 1.165) is 48.2 Å². The summed E-state index contributed by atoms with van der Waals surface area (Å²) in [4.78, 5) is 26.4. The van der Waals surface area contributed by atoms with Crippen LogP contribution in [0.4, 0.5) is 5.69 Å². The molecule has 2 aromatic carbocycles. The minimum Gasteiger partial charge on any atom is -0.467 e. The summed E-state index contributed by atoms with van der Waals surface area (Å²) in [5.41, 5.74) is 2.09. The summed E-state index contributed by atoms with van der Waals surface area (Å²) < 4.78 is 6.36. The molecule has 2 aromatic rings. The van der Waals surface area contributed by atoms with Crippen LogP contribution in [0, 0.1) is 18.8 Å². The van der Waals surface area contributed by atoms with Crippen LogP contribution in [0.3, 0.4) is 0 Å². The van der Waals surface area contributed by atoms with Gasteiger partial charge in [0.05, 0.1) is 0 Å². The van der Waals surface area contributed by atoms with Gasteiger partial charge in [-0.15, -0.1) is 0 Å². The van der Waals surface area contributed by atoms with Gasteiger partial charge < -0.3 is 15.4 Å². The Bertz CT molecular complexity index is 956. The first-order valence-corrected chi connectivity index (χ1v) is 10.0. The predicted octanol–water partition coefficient (Wildman–Crippen LogP) is 3.74. The van der Waals surface area contributed by atoms with Crippen LogP contribution in [-0.4, -0.2) is 17.5 Å². The van der Waals surface area contributed by atoms with Crippen molar-refractivity contribution in [2.45, 2.75) is 44.2 Å². The molecule has 2 amide bonds. The second-order valence-electron chi connectivity index (χ2n) is 8.23. The molecule has 1 saturated heterocycles. The van der Waals surface area contributed by atoms with Gasteiger partial charge in [-0.2, -0.15) is 0 Å². The number of fused-ring (bicyclic) bond motifs is 2. The standard InChI is InChI=1S/C23H24N2O3/c1-14-7-6-8-15(13-14)24-21(26)20-19-16-9-2-3-11-18(16)28-23(25-22(20)27)12-5-4-10-17(19)23/h2-3,6-9,11,13,17,19-20H,4-5,10,12H2,1H3,(H,24,26)(H,25,27)/t17-,19-,20+,23+/m1/s1. The Morgan fingerprint density at radius 2 is 2.04 bits per heavy atom. The Kier molecular flexibility index (Phi) is 3.93. The molecular weight excluding hydrogens is 352 g/mol. The Morgan fingerprint density at radius 1 is 1.18 bits per heavy atom.